The minimum absolute atomic E-state index is 0.0287. The fourth-order valence-corrected chi connectivity index (χ4v) is 2.07. The zero-order valence-electron chi connectivity index (χ0n) is 14.8. The molecule has 0 saturated carbocycles. The van der Waals surface area contributed by atoms with Crippen LogP contribution in [-0.4, -0.2) is 24.8 Å². The van der Waals surface area contributed by atoms with E-state index in [1.807, 2.05) is 0 Å². The number of carbonyl (C=O) groups is 1. The first kappa shape index (κ1) is 22.3. The van der Waals surface area contributed by atoms with E-state index in [0.29, 0.717) is 11.1 Å². The summed E-state index contributed by atoms with van der Waals surface area (Å²) < 4.78 is 80.0. The zero-order valence-corrected chi connectivity index (χ0v) is 14.8. The van der Waals surface area contributed by atoms with Crippen molar-refractivity contribution in [2.24, 2.45) is 5.16 Å². The fourth-order valence-electron chi connectivity index (χ4n) is 2.07. The van der Waals surface area contributed by atoms with Gasteiger partial charge in [-0.05, 0) is 35.4 Å². The van der Waals surface area contributed by atoms with E-state index in [1.54, 1.807) is 0 Å². The molecule has 4 nitrogen and oxygen atoms in total. The van der Waals surface area contributed by atoms with Crippen LogP contribution >= 0.6 is 0 Å². The van der Waals surface area contributed by atoms with Crippen molar-refractivity contribution in [2.75, 3.05) is 6.67 Å². The Labute approximate surface area is 161 Å². The number of ether oxygens (including phenoxy) is 1. The summed E-state index contributed by atoms with van der Waals surface area (Å²) in [5.41, 5.74) is 0.392. The molecule has 0 heterocycles. The average molecular weight is 419 g/mol. The first-order valence-electron chi connectivity index (χ1n) is 8.17. The number of ketones is 1. The highest BCUT2D eigenvalue weighted by atomic mass is 19.4. The van der Waals surface area contributed by atoms with Crippen LogP contribution in [0.25, 0.3) is 0 Å². The van der Waals surface area contributed by atoms with Crippen molar-refractivity contribution in [3.8, 4) is 5.75 Å². The Balaban J connectivity index is 1.80. The number of halogens is 6. The van der Waals surface area contributed by atoms with Gasteiger partial charge in [0.1, 0.15) is 12.4 Å². The van der Waals surface area contributed by atoms with E-state index in [-0.39, 0.29) is 18.8 Å². The van der Waals surface area contributed by atoms with Gasteiger partial charge in [-0.2, -0.15) is 22.0 Å². The quantitative estimate of drug-likeness (QED) is 0.328. The Kier molecular flexibility index (Phi) is 7.24. The molecule has 0 aromatic heterocycles. The Bertz CT molecular complexity index is 833. The highest BCUT2D eigenvalue weighted by Gasteiger charge is 2.41. The minimum atomic E-state index is -4.41. The first-order valence-corrected chi connectivity index (χ1v) is 8.17. The van der Waals surface area contributed by atoms with Crippen LogP contribution in [0.1, 0.15) is 16.7 Å². The molecule has 29 heavy (non-hydrogen) atoms. The van der Waals surface area contributed by atoms with Gasteiger partial charge in [0.15, 0.2) is 6.67 Å². The molecule has 2 aromatic carbocycles. The monoisotopic (exact) mass is 419 g/mol. The van der Waals surface area contributed by atoms with Gasteiger partial charge in [0.25, 0.3) is 5.78 Å². The van der Waals surface area contributed by atoms with E-state index in [4.69, 9.17) is 4.84 Å². The van der Waals surface area contributed by atoms with Gasteiger partial charge in [0, 0.05) is 12.6 Å². The summed E-state index contributed by atoms with van der Waals surface area (Å²) in [5.74, 6) is -2.28. The van der Waals surface area contributed by atoms with Crippen LogP contribution in [0.3, 0.4) is 0 Å². The third kappa shape index (κ3) is 6.81. The molecule has 2 aromatic rings. The molecule has 156 valence electrons. The van der Waals surface area contributed by atoms with Crippen LogP contribution in [0.15, 0.2) is 53.7 Å². The third-order valence-corrected chi connectivity index (χ3v) is 3.60. The van der Waals surface area contributed by atoms with Gasteiger partial charge in [0.05, 0.1) is 5.56 Å². The van der Waals surface area contributed by atoms with Crippen molar-refractivity contribution in [3.05, 3.63) is 65.2 Å². The molecule has 0 radical (unpaired) electrons. The predicted molar refractivity (Wildman–Crippen MR) is 91.4 cm³/mol. The Morgan fingerprint density at radius 2 is 1.52 bits per heavy atom. The number of hydrogen-bond donors (Lipinski definition) is 0. The molecular formula is C19H15F6NO3. The van der Waals surface area contributed by atoms with Crippen LogP contribution in [0, 0.1) is 0 Å². The van der Waals surface area contributed by atoms with Crippen LogP contribution < -0.4 is 4.74 Å². The summed E-state index contributed by atoms with van der Waals surface area (Å²) in [6.07, 6.45) is -7.01. The summed E-state index contributed by atoms with van der Waals surface area (Å²) in [6, 6.07) is 9.69. The summed E-state index contributed by atoms with van der Waals surface area (Å²) in [6.45, 7) is -1.87. The van der Waals surface area contributed by atoms with Gasteiger partial charge < -0.3 is 9.57 Å². The molecule has 0 spiro atoms. The maximum atomic E-state index is 13.2. The summed E-state index contributed by atoms with van der Waals surface area (Å²) in [5, 5.41) is 3.66. The highest BCUT2D eigenvalue weighted by Crippen LogP contribution is 2.29. The number of alkyl halides is 6. The number of benzene rings is 2. The molecule has 0 aliphatic heterocycles. The van der Waals surface area contributed by atoms with Crippen LogP contribution in [0.4, 0.5) is 26.3 Å². The van der Waals surface area contributed by atoms with E-state index >= 15 is 0 Å². The lowest BCUT2D eigenvalue weighted by Crippen LogP contribution is -2.36. The lowest BCUT2D eigenvalue weighted by molar-refractivity contribution is -0.191. The van der Waals surface area contributed by atoms with E-state index in [9.17, 15) is 31.1 Å². The van der Waals surface area contributed by atoms with Gasteiger partial charge >= 0.3 is 12.3 Å². The average Bonchev–Trinajstić information content (AvgIpc) is 2.67. The molecule has 0 bridgehead atoms. The molecule has 0 aliphatic carbocycles. The van der Waals surface area contributed by atoms with E-state index in [1.165, 1.54) is 42.6 Å². The second-order valence-electron chi connectivity index (χ2n) is 5.78. The van der Waals surface area contributed by atoms with E-state index in [0.717, 1.165) is 12.1 Å². The van der Waals surface area contributed by atoms with Gasteiger partial charge in [-0.3, -0.25) is 4.79 Å². The van der Waals surface area contributed by atoms with Gasteiger partial charge in [-0.1, -0.05) is 29.4 Å². The summed E-state index contributed by atoms with van der Waals surface area (Å²) in [7, 11) is 0. The molecule has 10 heteroatoms. The molecule has 0 amide bonds. The van der Waals surface area contributed by atoms with Gasteiger partial charge in [-0.25, -0.2) is 4.39 Å². The summed E-state index contributed by atoms with van der Waals surface area (Å²) >= 11 is 0. The van der Waals surface area contributed by atoms with Crippen molar-refractivity contribution >= 4 is 12.0 Å². The van der Waals surface area contributed by atoms with E-state index in [2.05, 4.69) is 9.89 Å². The number of hydrogen-bond acceptors (Lipinski definition) is 4. The largest absolute Gasteiger partial charge is 0.463 e. The Morgan fingerprint density at radius 1 is 0.931 bits per heavy atom. The van der Waals surface area contributed by atoms with Crippen molar-refractivity contribution in [1.29, 1.82) is 0 Å². The van der Waals surface area contributed by atoms with Crippen molar-refractivity contribution < 1.29 is 40.7 Å². The van der Waals surface area contributed by atoms with Gasteiger partial charge in [0.2, 0.25) is 0 Å². The smallest absolute Gasteiger partial charge is 0.427 e. The first-order chi connectivity index (χ1) is 13.6. The predicted octanol–water partition coefficient (Wildman–Crippen LogP) is 4.96. The minimum Gasteiger partial charge on any atom is -0.427 e. The highest BCUT2D eigenvalue weighted by molar-refractivity contribution is 5.85. The molecule has 0 unspecified atom stereocenters. The van der Waals surface area contributed by atoms with Crippen molar-refractivity contribution in [3.63, 3.8) is 0 Å². The number of rotatable bonds is 9. The zero-order chi connectivity index (χ0) is 21.5. The third-order valence-electron chi connectivity index (χ3n) is 3.60. The molecule has 0 atom stereocenters. The van der Waals surface area contributed by atoms with E-state index < -0.39 is 30.3 Å². The van der Waals surface area contributed by atoms with Crippen LogP contribution in [-0.2, 0) is 28.8 Å². The van der Waals surface area contributed by atoms with Crippen LogP contribution in [0.2, 0.25) is 0 Å². The normalized spacial score (nSPS) is 12.2. The topological polar surface area (TPSA) is 47.9 Å². The number of carbonyl (C=O) groups excluding carboxylic acids is 1. The molecular weight excluding hydrogens is 404 g/mol. The molecule has 0 saturated heterocycles. The lowest BCUT2D eigenvalue weighted by atomic mass is 10.1. The lowest BCUT2D eigenvalue weighted by Gasteiger charge is -2.15. The summed E-state index contributed by atoms with van der Waals surface area (Å²) in [4.78, 5) is 15.7. The standard InChI is InChI=1S/C19H15F6NO3/c20-11-17(27)19(24,25)29-16-7-3-13(4-8-16)9-10-26-28-12-14-1-5-15(6-2-14)18(21,22)23/h1-8,10H,9,11-12H2. The van der Waals surface area contributed by atoms with Crippen LogP contribution in [0.5, 0.6) is 5.75 Å². The molecule has 0 fully saturated rings. The Morgan fingerprint density at radius 3 is 2.07 bits per heavy atom. The van der Waals surface area contributed by atoms with Crippen molar-refractivity contribution in [2.45, 2.75) is 25.3 Å². The molecule has 2 rings (SSSR count). The Hall–Kier alpha value is -3.04. The molecule has 0 N–H and O–H groups in total. The maximum Gasteiger partial charge on any atom is 0.463 e. The number of Topliss-reactive ketones (excluding diaryl/α,β-unsaturated/α-hetero) is 1. The number of oxime groups is 1. The second-order valence-corrected chi connectivity index (χ2v) is 5.78. The maximum absolute atomic E-state index is 13.2. The fraction of sp³-hybridized carbons (Fsp3) is 0.263. The van der Waals surface area contributed by atoms with Crippen molar-refractivity contribution in [1.82, 2.24) is 0 Å². The van der Waals surface area contributed by atoms with Gasteiger partial charge in [-0.15, -0.1) is 0 Å². The number of nitrogens with zero attached hydrogens (tertiary/aromatic N) is 1. The molecule has 0 aliphatic rings. The SMILES string of the molecule is O=C(CF)C(F)(F)Oc1ccc(CC=NOCc2ccc(C(F)(F)F)cc2)cc1. The second kappa shape index (κ2) is 9.44.